The lowest BCUT2D eigenvalue weighted by Gasteiger charge is -2.27. The highest BCUT2D eigenvalue weighted by atomic mass is 16.2. The van der Waals surface area contributed by atoms with Crippen molar-refractivity contribution in [2.24, 2.45) is 7.05 Å². The van der Waals surface area contributed by atoms with Crippen LogP contribution in [0.5, 0.6) is 0 Å². The van der Waals surface area contributed by atoms with Gasteiger partial charge in [-0.25, -0.2) is 0 Å². The smallest absolute Gasteiger partial charge is 0.250 e. The van der Waals surface area contributed by atoms with Crippen LogP contribution in [0.15, 0.2) is 65.7 Å². The Kier molecular flexibility index (Phi) is 4.39. The van der Waals surface area contributed by atoms with Gasteiger partial charge in [-0.1, -0.05) is 48.5 Å². The van der Waals surface area contributed by atoms with Crippen molar-refractivity contribution in [2.45, 2.75) is 33.2 Å². The topological polar surface area (TPSA) is 25.2 Å². The van der Waals surface area contributed by atoms with Gasteiger partial charge in [0.2, 0.25) is 5.91 Å². The molecule has 138 valence electrons. The predicted octanol–water partition coefficient (Wildman–Crippen LogP) is 4.95. The van der Waals surface area contributed by atoms with Gasteiger partial charge in [0.05, 0.1) is 6.04 Å². The summed E-state index contributed by atoms with van der Waals surface area (Å²) in [5.74, 6) is 0.167. The van der Waals surface area contributed by atoms with Crippen LogP contribution in [-0.2, 0) is 18.3 Å². The lowest BCUT2D eigenvalue weighted by molar-refractivity contribution is -0.127. The largest absolute Gasteiger partial charge is 0.348 e. The summed E-state index contributed by atoms with van der Waals surface area (Å²) >= 11 is 0. The molecule has 3 nitrogen and oxygen atoms in total. The molecule has 0 bridgehead atoms. The van der Waals surface area contributed by atoms with Crippen molar-refractivity contribution in [2.75, 3.05) is 6.54 Å². The summed E-state index contributed by atoms with van der Waals surface area (Å²) in [4.78, 5) is 15.1. The van der Waals surface area contributed by atoms with E-state index in [9.17, 15) is 4.79 Å². The van der Waals surface area contributed by atoms with E-state index in [1.807, 2.05) is 13.0 Å². The fourth-order valence-corrected chi connectivity index (χ4v) is 4.33. The number of aromatic nitrogens is 1. The Labute approximate surface area is 160 Å². The zero-order valence-electron chi connectivity index (χ0n) is 16.5. The third kappa shape index (κ3) is 2.78. The molecule has 0 saturated carbocycles. The van der Waals surface area contributed by atoms with Gasteiger partial charge in [0, 0.05) is 41.3 Å². The molecule has 1 aromatic heterocycles. The maximum atomic E-state index is 13.0. The first-order valence-electron chi connectivity index (χ1n) is 9.57. The molecule has 0 N–H and O–H groups in total. The molecule has 3 aromatic rings. The van der Waals surface area contributed by atoms with E-state index in [2.05, 4.69) is 78.9 Å². The van der Waals surface area contributed by atoms with Crippen LogP contribution in [0.2, 0.25) is 0 Å². The Hall–Kier alpha value is -2.81. The van der Waals surface area contributed by atoms with E-state index in [1.165, 1.54) is 33.3 Å². The number of aryl methyl sites for hydroxylation is 1. The average molecular weight is 358 g/mol. The van der Waals surface area contributed by atoms with Gasteiger partial charge in [-0.2, -0.15) is 0 Å². The monoisotopic (exact) mass is 358 g/mol. The van der Waals surface area contributed by atoms with Gasteiger partial charge in [-0.3, -0.25) is 4.79 Å². The van der Waals surface area contributed by atoms with Crippen molar-refractivity contribution >= 4 is 16.8 Å². The van der Waals surface area contributed by atoms with E-state index in [0.717, 1.165) is 18.5 Å². The van der Waals surface area contributed by atoms with Crippen LogP contribution in [0.3, 0.4) is 0 Å². The fraction of sp³-hybridized carbons (Fsp3) is 0.292. The summed E-state index contributed by atoms with van der Waals surface area (Å²) in [6.45, 7) is 6.97. The second-order valence-electron chi connectivity index (χ2n) is 7.52. The Balaban J connectivity index is 1.77. The molecular weight excluding hydrogens is 332 g/mol. The Morgan fingerprint density at radius 3 is 2.33 bits per heavy atom. The molecule has 0 spiro atoms. The molecule has 0 unspecified atom stereocenters. The van der Waals surface area contributed by atoms with Crippen LogP contribution in [0, 0.1) is 6.92 Å². The van der Waals surface area contributed by atoms with Crippen molar-refractivity contribution in [1.29, 1.82) is 0 Å². The molecule has 1 aliphatic rings. The molecule has 2 heterocycles. The van der Waals surface area contributed by atoms with E-state index in [-0.39, 0.29) is 11.9 Å². The second-order valence-corrected chi connectivity index (χ2v) is 7.52. The van der Waals surface area contributed by atoms with Crippen LogP contribution >= 0.6 is 0 Å². The summed E-state index contributed by atoms with van der Waals surface area (Å²) in [6, 6.07) is 18.9. The van der Waals surface area contributed by atoms with E-state index in [1.54, 1.807) is 0 Å². The van der Waals surface area contributed by atoms with Gasteiger partial charge in [0.15, 0.2) is 0 Å². The average Bonchev–Trinajstić information content (AvgIpc) is 3.06. The maximum Gasteiger partial charge on any atom is 0.250 e. The molecule has 27 heavy (non-hydrogen) atoms. The number of carbonyl (C=O) groups excluding carboxylic acids is 1. The first-order chi connectivity index (χ1) is 13.0. The molecule has 0 fully saturated rings. The van der Waals surface area contributed by atoms with Gasteiger partial charge in [0.25, 0.3) is 0 Å². The summed E-state index contributed by atoms with van der Waals surface area (Å²) in [7, 11) is 2.11. The van der Waals surface area contributed by atoms with Crippen LogP contribution in [0.25, 0.3) is 10.9 Å². The third-order valence-electron chi connectivity index (χ3n) is 6.10. The number of para-hydroxylation sites is 1. The minimum absolute atomic E-state index is 0.0207. The maximum absolute atomic E-state index is 13.0. The molecule has 1 amide bonds. The van der Waals surface area contributed by atoms with Crippen molar-refractivity contribution in [1.82, 2.24) is 9.47 Å². The van der Waals surface area contributed by atoms with E-state index in [0.29, 0.717) is 0 Å². The lowest BCUT2D eigenvalue weighted by atomic mass is 9.96. The van der Waals surface area contributed by atoms with E-state index >= 15 is 0 Å². The number of rotatable bonds is 4. The van der Waals surface area contributed by atoms with E-state index in [4.69, 9.17) is 0 Å². The standard InChI is InChI=1S/C24H26N2O/c1-16-17(2)24(27)26(15-14-19-10-6-5-7-11-19)23(16)22-18(3)25(4)21-13-9-8-12-20(21)22/h5-13,23H,14-15H2,1-4H3/t23-/m1/s1. The van der Waals surface area contributed by atoms with Crippen LogP contribution in [0.1, 0.15) is 36.7 Å². The van der Waals surface area contributed by atoms with Gasteiger partial charge in [0.1, 0.15) is 0 Å². The van der Waals surface area contributed by atoms with Gasteiger partial charge < -0.3 is 9.47 Å². The number of carbonyl (C=O) groups is 1. The summed E-state index contributed by atoms with van der Waals surface area (Å²) < 4.78 is 2.24. The second kappa shape index (κ2) is 6.73. The number of hydrogen-bond donors (Lipinski definition) is 0. The zero-order chi connectivity index (χ0) is 19.1. The molecule has 2 aromatic carbocycles. The fourth-order valence-electron chi connectivity index (χ4n) is 4.33. The molecule has 0 aliphatic carbocycles. The minimum Gasteiger partial charge on any atom is -0.348 e. The lowest BCUT2D eigenvalue weighted by Crippen LogP contribution is -2.32. The zero-order valence-corrected chi connectivity index (χ0v) is 16.5. The quantitative estimate of drug-likeness (QED) is 0.648. The Bertz CT molecular complexity index is 1040. The highest BCUT2D eigenvalue weighted by Gasteiger charge is 2.37. The molecule has 1 atom stereocenters. The van der Waals surface area contributed by atoms with Crippen LogP contribution < -0.4 is 0 Å². The summed E-state index contributed by atoms with van der Waals surface area (Å²) in [5.41, 5.74) is 7.04. The third-order valence-corrected chi connectivity index (χ3v) is 6.10. The normalized spacial score (nSPS) is 17.4. The van der Waals surface area contributed by atoms with Crippen molar-refractivity contribution < 1.29 is 4.79 Å². The molecule has 0 saturated heterocycles. The van der Waals surface area contributed by atoms with Crippen molar-refractivity contribution in [3.05, 3.63) is 82.6 Å². The molecular formula is C24H26N2O. The number of amides is 1. The van der Waals surface area contributed by atoms with Gasteiger partial charge >= 0.3 is 0 Å². The van der Waals surface area contributed by atoms with Gasteiger partial charge in [-0.05, 0) is 44.4 Å². The first kappa shape index (κ1) is 17.6. The number of fused-ring (bicyclic) bond motifs is 1. The number of nitrogens with zero attached hydrogens (tertiary/aromatic N) is 2. The Morgan fingerprint density at radius 2 is 1.59 bits per heavy atom. The van der Waals surface area contributed by atoms with Crippen LogP contribution in [-0.4, -0.2) is 21.9 Å². The minimum atomic E-state index is 0.0207. The first-order valence-corrected chi connectivity index (χ1v) is 9.57. The van der Waals surface area contributed by atoms with Crippen molar-refractivity contribution in [3.63, 3.8) is 0 Å². The highest BCUT2D eigenvalue weighted by Crippen LogP contribution is 2.42. The number of benzene rings is 2. The Morgan fingerprint density at radius 1 is 0.926 bits per heavy atom. The number of hydrogen-bond acceptors (Lipinski definition) is 1. The SMILES string of the molecule is CC1=C(C)[C@H](c2c(C)n(C)c3ccccc23)N(CCc2ccccc2)C1=O. The summed E-state index contributed by atoms with van der Waals surface area (Å²) in [5, 5.41) is 1.24. The molecule has 0 radical (unpaired) electrons. The van der Waals surface area contributed by atoms with Crippen LogP contribution in [0.4, 0.5) is 0 Å². The van der Waals surface area contributed by atoms with E-state index < -0.39 is 0 Å². The van der Waals surface area contributed by atoms with Gasteiger partial charge in [-0.15, -0.1) is 0 Å². The van der Waals surface area contributed by atoms with Crippen molar-refractivity contribution in [3.8, 4) is 0 Å². The molecule has 4 rings (SSSR count). The highest BCUT2D eigenvalue weighted by molar-refractivity contribution is 5.98. The molecule has 1 aliphatic heterocycles. The molecule has 3 heteroatoms. The predicted molar refractivity (Wildman–Crippen MR) is 111 cm³/mol. The summed E-state index contributed by atoms with van der Waals surface area (Å²) in [6.07, 6.45) is 0.869.